The second kappa shape index (κ2) is 4.30. The molecule has 0 spiro atoms. The maximum absolute atomic E-state index is 11.0. The largest absolute Gasteiger partial charge is 1.00 e. The Morgan fingerprint density at radius 2 is 2.00 bits per heavy atom. The normalized spacial score (nSPS) is 14.6. The van der Waals surface area contributed by atoms with Crippen LogP contribution in [0.5, 0.6) is 0 Å². The van der Waals surface area contributed by atoms with Crippen LogP contribution < -0.4 is 29.6 Å². The molecule has 1 N–H and O–H groups in total. The molecule has 0 saturated carbocycles. The van der Waals surface area contributed by atoms with Crippen LogP contribution in [0, 0.1) is 0 Å². The number of hydrogen-bond acceptors (Lipinski definition) is 3. The van der Waals surface area contributed by atoms with Crippen molar-refractivity contribution < 1.29 is 38.3 Å². The van der Waals surface area contributed by atoms with Gasteiger partial charge in [-0.15, -0.1) is 0 Å². The predicted molar refractivity (Wildman–Crippen MR) is 52.8 cm³/mol. The van der Waals surface area contributed by atoms with Crippen LogP contribution in [0.3, 0.4) is 0 Å². The molecule has 3 nitrogen and oxygen atoms in total. The molecule has 1 unspecified atom stereocenters. The molecule has 0 radical (unpaired) electrons. The summed E-state index contributed by atoms with van der Waals surface area (Å²) in [6.07, 6.45) is 0. The number of fused-ring (bicyclic) bond motifs is 1. The molecular formula is C8H6NNaO2S2. The van der Waals surface area contributed by atoms with Crippen molar-refractivity contribution in [3.8, 4) is 0 Å². The van der Waals surface area contributed by atoms with E-state index in [0.717, 1.165) is 10.9 Å². The summed E-state index contributed by atoms with van der Waals surface area (Å²) >= 11 is 4.33. The zero-order valence-electron chi connectivity index (χ0n) is 7.52. The van der Waals surface area contributed by atoms with Crippen molar-refractivity contribution in [2.24, 2.45) is 0 Å². The van der Waals surface area contributed by atoms with Gasteiger partial charge in [-0.25, -0.2) is 0 Å². The Balaban J connectivity index is 0.000000980. The van der Waals surface area contributed by atoms with Crippen molar-refractivity contribution in [2.45, 2.75) is 5.03 Å². The topological polar surface area (TPSA) is 55.9 Å². The average molecular weight is 235 g/mol. The van der Waals surface area contributed by atoms with Crippen LogP contribution >= 0.6 is 0 Å². The van der Waals surface area contributed by atoms with Gasteiger partial charge in [0.05, 0.1) is 5.03 Å². The first-order valence-corrected chi connectivity index (χ1v) is 6.02. The molecule has 1 heterocycles. The van der Waals surface area contributed by atoms with E-state index in [9.17, 15) is 8.76 Å². The van der Waals surface area contributed by atoms with E-state index in [1.807, 2.05) is 18.2 Å². The summed E-state index contributed by atoms with van der Waals surface area (Å²) in [5.41, 5.74) is 0.783. The van der Waals surface area contributed by atoms with E-state index in [2.05, 4.69) is 16.2 Å². The van der Waals surface area contributed by atoms with Crippen LogP contribution in [0.25, 0.3) is 10.9 Å². The van der Waals surface area contributed by atoms with Gasteiger partial charge in [0.2, 0.25) is 0 Å². The first-order valence-electron chi connectivity index (χ1n) is 3.61. The van der Waals surface area contributed by atoms with E-state index in [-0.39, 0.29) is 34.6 Å². The Morgan fingerprint density at radius 3 is 2.57 bits per heavy atom. The summed E-state index contributed by atoms with van der Waals surface area (Å²) in [6.45, 7) is 0. The maximum Gasteiger partial charge on any atom is 1.00 e. The van der Waals surface area contributed by atoms with Crippen LogP contribution in [0.15, 0.2) is 35.4 Å². The minimum atomic E-state index is -3.54. The smallest absolute Gasteiger partial charge is 0.765 e. The Kier molecular flexibility index (Phi) is 3.74. The summed E-state index contributed by atoms with van der Waals surface area (Å²) in [5, 5.41) is 0.939. The third kappa shape index (κ3) is 2.36. The SMILES string of the molecule is O=S([O-])(=S)c1cc2ccccc2[nH]1.[Na+]. The molecule has 0 bridgehead atoms. The molecule has 0 fully saturated rings. The molecular weight excluding hydrogens is 229 g/mol. The predicted octanol–water partition coefficient (Wildman–Crippen LogP) is -1.59. The molecule has 2 rings (SSSR count). The number of rotatable bonds is 1. The van der Waals surface area contributed by atoms with Crippen LogP contribution in [0.1, 0.15) is 0 Å². The van der Waals surface area contributed by atoms with Crippen LogP contribution in [0.4, 0.5) is 0 Å². The zero-order chi connectivity index (χ0) is 9.47. The van der Waals surface area contributed by atoms with Gasteiger partial charge in [0.1, 0.15) is 0 Å². The third-order valence-corrected chi connectivity index (χ3v) is 3.07. The van der Waals surface area contributed by atoms with Gasteiger partial charge in [-0.1, -0.05) is 18.2 Å². The quantitative estimate of drug-likeness (QED) is 0.606. The first kappa shape index (κ1) is 12.2. The molecule has 0 saturated heterocycles. The van der Waals surface area contributed by atoms with E-state index in [1.54, 1.807) is 6.07 Å². The van der Waals surface area contributed by atoms with Crippen molar-refractivity contribution in [1.29, 1.82) is 0 Å². The summed E-state index contributed by atoms with van der Waals surface area (Å²) in [5.74, 6) is 0. The Morgan fingerprint density at radius 1 is 1.36 bits per heavy atom. The van der Waals surface area contributed by atoms with Crippen molar-refractivity contribution in [3.63, 3.8) is 0 Å². The second-order valence-corrected chi connectivity index (χ2v) is 5.34. The fraction of sp³-hybridized carbons (Fsp3) is 0. The van der Waals surface area contributed by atoms with E-state index < -0.39 is 8.77 Å². The van der Waals surface area contributed by atoms with Gasteiger partial charge in [-0.3, -0.25) is 4.21 Å². The van der Waals surface area contributed by atoms with Gasteiger partial charge >= 0.3 is 29.6 Å². The number of aromatic amines is 1. The number of para-hydroxylation sites is 1. The Bertz CT molecular complexity index is 514. The van der Waals surface area contributed by atoms with Gasteiger partial charge in [-0.2, -0.15) is 0 Å². The van der Waals surface area contributed by atoms with Crippen LogP contribution in [-0.2, 0) is 20.0 Å². The van der Waals surface area contributed by atoms with Gasteiger partial charge < -0.3 is 9.54 Å². The molecule has 0 aliphatic carbocycles. The summed E-state index contributed by atoms with van der Waals surface area (Å²) < 4.78 is 22.0. The fourth-order valence-electron chi connectivity index (χ4n) is 1.18. The van der Waals surface area contributed by atoms with Gasteiger partial charge in [-0.05, 0) is 23.3 Å². The average Bonchev–Trinajstić information content (AvgIpc) is 2.45. The summed E-state index contributed by atoms with van der Waals surface area (Å²) in [6, 6.07) is 8.85. The molecule has 1 aromatic heterocycles. The number of benzene rings is 1. The second-order valence-electron chi connectivity index (χ2n) is 2.67. The number of H-pyrrole nitrogens is 1. The number of hydrogen-bond donors (Lipinski definition) is 1. The molecule has 68 valence electrons. The first-order chi connectivity index (χ1) is 6.07. The van der Waals surface area contributed by atoms with E-state index >= 15 is 0 Å². The standard InChI is InChI=1S/C8H7NO2S2.Na/c10-13(11,12)8-5-6-3-1-2-4-7(6)9-8;/h1-5,9H,(H,10,11,12);/q;+1/p-1. The Labute approximate surface area is 109 Å². The van der Waals surface area contributed by atoms with Crippen molar-refractivity contribution in [2.75, 3.05) is 0 Å². The third-order valence-electron chi connectivity index (χ3n) is 1.77. The summed E-state index contributed by atoms with van der Waals surface area (Å²) in [7, 11) is -3.54. The van der Waals surface area contributed by atoms with Crippen LogP contribution in [-0.4, -0.2) is 13.7 Å². The van der Waals surface area contributed by atoms with Crippen molar-refractivity contribution in [3.05, 3.63) is 30.3 Å². The molecule has 14 heavy (non-hydrogen) atoms. The van der Waals surface area contributed by atoms with E-state index in [4.69, 9.17) is 0 Å². The molecule has 2 aromatic rings. The molecule has 0 aliphatic heterocycles. The molecule has 0 aliphatic rings. The van der Waals surface area contributed by atoms with Gasteiger partial charge in [0, 0.05) is 19.7 Å². The minimum absolute atomic E-state index is 0. The van der Waals surface area contributed by atoms with Crippen LogP contribution in [0.2, 0.25) is 0 Å². The maximum atomic E-state index is 11.0. The van der Waals surface area contributed by atoms with Gasteiger partial charge in [0.15, 0.2) is 0 Å². The molecule has 1 aromatic carbocycles. The van der Waals surface area contributed by atoms with Crippen molar-refractivity contribution in [1.82, 2.24) is 4.98 Å². The van der Waals surface area contributed by atoms with E-state index in [1.165, 1.54) is 6.07 Å². The zero-order valence-corrected chi connectivity index (χ0v) is 11.2. The Hall–Kier alpha value is 0.0900. The van der Waals surface area contributed by atoms with Gasteiger partial charge in [0.25, 0.3) is 0 Å². The fourth-order valence-corrected chi connectivity index (χ4v) is 1.96. The number of aromatic nitrogens is 1. The van der Waals surface area contributed by atoms with Crippen molar-refractivity contribution >= 4 is 30.9 Å². The molecule has 0 amide bonds. The summed E-state index contributed by atoms with van der Waals surface area (Å²) in [4.78, 5) is 2.74. The minimum Gasteiger partial charge on any atom is -0.765 e. The monoisotopic (exact) mass is 235 g/mol. The molecule has 6 heteroatoms. The van der Waals surface area contributed by atoms with E-state index in [0.29, 0.717) is 0 Å². The molecule has 1 atom stereocenters. The number of nitrogens with one attached hydrogen (secondary N) is 1.